The molecule has 0 saturated heterocycles. The number of fused-ring (bicyclic) bond motifs is 5. The number of carbonyl (C=O) groups is 4. The molecule has 1 aliphatic carbocycles. The molecular weight excluding hydrogens is 947 g/mol. The van der Waals surface area contributed by atoms with Gasteiger partial charge < -0.3 is 67.7 Å². The average Bonchev–Trinajstić information content (AvgIpc) is 3.30. The Morgan fingerprint density at radius 1 is 0.944 bits per heavy atom. The largest absolute Gasteiger partial charge is 0.504 e. The number of amides is 3. The second-order valence-electron chi connectivity index (χ2n) is 17.5. The van der Waals surface area contributed by atoms with Crippen molar-refractivity contribution in [3.63, 3.8) is 0 Å². The van der Waals surface area contributed by atoms with E-state index in [2.05, 4.69) is 25.9 Å². The normalized spacial score (nSPS) is 19.8. The van der Waals surface area contributed by atoms with Crippen molar-refractivity contribution in [3.05, 3.63) is 82.5 Å². The molecule has 1 unspecified atom stereocenters. The Morgan fingerprint density at radius 2 is 1.59 bits per heavy atom. The number of aliphatic hydroxyl groups excluding tert-OH is 3. The number of nitrogens with one attached hydrogen (secondary N) is 4. The molecule has 384 valence electrons. The number of phenols is 1. The van der Waals surface area contributed by atoms with E-state index in [1.807, 2.05) is 29.0 Å². The fraction of sp³-hybridized carbons (Fsp3) is 0.435. The second kappa shape index (κ2) is 23.1. The maximum absolute atomic E-state index is 14.9. The molecular formula is C46H61N11O13S. The number of carboxylic acid groups (broad SMARTS) is 1. The number of carbonyl (C=O) groups excluding carboxylic acids is 3. The molecule has 4 bridgehead atoms. The van der Waals surface area contributed by atoms with E-state index in [1.165, 1.54) is 63.2 Å². The molecule has 1 saturated carbocycles. The lowest BCUT2D eigenvalue weighted by Gasteiger charge is -2.36. The van der Waals surface area contributed by atoms with E-state index in [4.69, 9.17) is 31.8 Å². The Hall–Kier alpha value is -6.55. The number of hydrogen-bond acceptors (Lipinski definition) is 18. The summed E-state index contributed by atoms with van der Waals surface area (Å²) in [4.78, 5) is 65.0. The van der Waals surface area contributed by atoms with Gasteiger partial charge >= 0.3 is 5.97 Å². The zero-order chi connectivity index (χ0) is 51.9. The summed E-state index contributed by atoms with van der Waals surface area (Å²) in [5.74, 6) is -4.76. The van der Waals surface area contributed by atoms with Crippen LogP contribution in [-0.2, 0) is 31.0 Å². The Morgan fingerprint density at radius 3 is 2.17 bits per heavy atom. The first kappa shape index (κ1) is 53.8. The number of aliphatic hydroxyl groups is 3. The van der Waals surface area contributed by atoms with Crippen molar-refractivity contribution in [2.75, 3.05) is 45.6 Å². The van der Waals surface area contributed by atoms with Crippen LogP contribution in [0.1, 0.15) is 70.9 Å². The van der Waals surface area contributed by atoms with Crippen molar-refractivity contribution in [1.29, 1.82) is 0 Å². The fourth-order valence-electron chi connectivity index (χ4n) is 8.10. The van der Waals surface area contributed by atoms with Crippen LogP contribution in [0.15, 0.2) is 54.6 Å². The molecule has 17 N–H and O–H groups in total. The number of carboxylic acids is 1. The van der Waals surface area contributed by atoms with Crippen LogP contribution in [0.5, 0.6) is 17.2 Å². The zero-order valence-electron chi connectivity index (χ0n) is 39.2. The van der Waals surface area contributed by atoms with Gasteiger partial charge in [-0.2, -0.15) is 13.1 Å². The van der Waals surface area contributed by atoms with Crippen molar-refractivity contribution in [2.45, 2.75) is 88.1 Å². The Bertz CT molecular complexity index is 2690. The molecule has 1 aliphatic heterocycles. The van der Waals surface area contributed by atoms with Gasteiger partial charge in [0.25, 0.3) is 16.1 Å². The first-order valence-electron chi connectivity index (χ1n) is 22.7. The summed E-state index contributed by atoms with van der Waals surface area (Å²) < 4.78 is 38.4. The number of nitrogens with two attached hydrogens (primary N) is 4. The first-order chi connectivity index (χ1) is 33.6. The first-order valence-corrected chi connectivity index (χ1v) is 24.2. The van der Waals surface area contributed by atoms with E-state index >= 15 is 0 Å². The number of aromatic nitrogens is 2. The predicted molar refractivity (Wildman–Crippen MR) is 258 cm³/mol. The third-order valence-electron chi connectivity index (χ3n) is 12.3. The molecule has 0 spiro atoms. The summed E-state index contributed by atoms with van der Waals surface area (Å²) in [7, 11) is -3.33. The van der Waals surface area contributed by atoms with Crippen LogP contribution in [0.25, 0.3) is 22.5 Å². The van der Waals surface area contributed by atoms with Gasteiger partial charge in [-0.05, 0) is 73.6 Å². The van der Waals surface area contributed by atoms with Crippen molar-refractivity contribution in [3.8, 4) is 39.8 Å². The molecule has 3 aromatic carbocycles. The third kappa shape index (κ3) is 13.3. The van der Waals surface area contributed by atoms with Crippen molar-refractivity contribution in [1.82, 2.24) is 35.5 Å². The van der Waals surface area contributed by atoms with Gasteiger partial charge in [-0.25, -0.2) is 19.9 Å². The second-order valence-corrected chi connectivity index (χ2v) is 18.9. The van der Waals surface area contributed by atoms with Crippen LogP contribution in [0.3, 0.4) is 0 Å². The quantitative estimate of drug-likeness (QED) is 0.0544. The molecule has 71 heavy (non-hydrogen) atoms. The lowest BCUT2D eigenvalue weighted by molar-refractivity contribution is -0.142. The smallest absolute Gasteiger partial charge is 0.326 e. The highest BCUT2D eigenvalue weighted by molar-refractivity contribution is 7.87. The van der Waals surface area contributed by atoms with Crippen LogP contribution in [-0.4, -0.2) is 149 Å². The molecule has 0 radical (unpaired) electrons. The highest BCUT2D eigenvalue weighted by Gasteiger charge is 2.38. The molecule has 6 rings (SSSR count). The molecule has 7 atom stereocenters. The third-order valence-corrected chi connectivity index (χ3v) is 12.9. The van der Waals surface area contributed by atoms with Crippen molar-refractivity contribution in [2.24, 2.45) is 16.6 Å². The molecule has 2 heterocycles. The summed E-state index contributed by atoms with van der Waals surface area (Å²) in [6.07, 6.45) is -1.25. The molecule has 2 aliphatic rings. The maximum atomic E-state index is 14.9. The number of aryl methyl sites for hydroxylation is 1. The number of rotatable bonds is 18. The van der Waals surface area contributed by atoms with Gasteiger partial charge in [0.1, 0.15) is 60.9 Å². The molecule has 1 fully saturated rings. The SMILES string of the molecule is Cc1nc(-c2ccc(C3CCC3)cc2)nc(N)c1C(=O)N[C@@H](CNS(N)(=O)=O)C(=O)N(C)[C@H]1c2cc(OC[C@H](O)CN)c(O)c(c2)-c2cc(ccc2OC[C@H](O)CN)C[C@@H](C(=O)O)NC(=O)[C@H](C)NC1O. The summed E-state index contributed by atoms with van der Waals surface area (Å²) in [6.45, 7) is 0.730. The Kier molecular flexibility index (Phi) is 17.5. The topological polar surface area (TPSA) is 403 Å². The monoisotopic (exact) mass is 1010 g/mol. The molecule has 4 aromatic rings. The lowest BCUT2D eigenvalue weighted by atomic mass is 9.80. The highest BCUT2D eigenvalue weighted by atomic mass is 32.2. The van der Waals surface area contributed by atoms with Crippen LogP contribution >= 0.6 is 0 Å². The van der Waals surface area contributed by atoms with Gasteiger partial charge in [-0.15, -0.1) is 0 Å². The summed E-state index contributed by atoms with van der Waals surface area (Å²) in [5, 5.41) is 67.8. The summed E-state index contributed by atoms with van der Waals surface area (Å²) in [5.41, 5.74) is 19.6. The van der Waals surface area contributed by atoms with Gasteiger partial charge in [-0.3, -0.25) is 19.7 Å². The minimum absolute atomic E-state index is 0.0307. The highest BCUT2D eigenvalue weighted by Crippen LogP contribution is 2.45. The van der Waals surface area contributed by atoms with Gasteiger partial charge in [0, 0.05) is 49.8 Å². The fourth-order valence-corrected chi connectivity index (χ4v) is 8.50. The van der Waals surface area contributed by atoms with E-state index in [-0.39, 0.29) is 77.2 Å². The van der Waals surface area contributed by atoms with Crippen molar-refractivity contribution >= 4 is 39.7 Å². The number of hydrogen-bond donors (Lipinski definition) is 13. The Balaban J connectivity index is 1.45. The average molecular weight is 1010 g/mol. The van der Waals surface area contributed by atoms with E-state index in [0.29, 0.717) is 17.0 Å². The summed E-state index contributed by atoms with van der Waals surface area (Å²) in [6, 6.07) is 8.26. The molecule has 1 aromatic heterocycles. The van der Waals surface area contributed by atoms with E-state index < -0.39 is 95.4 Å². The minimum Gasteiger partial charge on any atom is -0.504 e. The minimum atomic E-state index is -4.52. The number of aromatic hydroxyl groups is 1. The molecule has 3 amide bonds. The van der Waals surface area contributed by atoms with Crippen molar-refractivity contribution < 1.29 is 62.6 Å². The number of anilines is 1. The number of nitrogen functional groups attached to an aromatic ring is 1. The van der Waals surface area contributed by atoms with Crippen LogP contribution in [0, 0.1) is 6.92 Å². The predicted octanol–water partition coefficient (Wildman–Crippen LogP) is -1.42. The van der Waals surface area contributed by atoms with Gasteiger partial charge in [0.2, 0.25) is 11.8 Å². The Labute approximate surface area is 409 Å². The van der Waals surface area contributed by atoms with Crippen LogP contribution in [0.4, 0.5) is 5.82 Å². The van der Waals surface area contributed by atoms with Gasteiger partial charge in [0.15, 0.2) is 17.3 Å². The molecule has 25 heteroatoms. The number of phenolic OH excluding ortho intramolecular Hbond substituents is 1. The molecule has 24 nitrogen and oxygen atoms in total. The van der Waals surface area contributed by atoms with Crippen LogP contribution < -0.4 is 52.5 Å². The van der Waals surface area contributed by atoms with Crippen LogP contribution in [0.2, 0.25) is 0 Å². The number of ether oxygens (including phenoxy) is 2. The van der Waals surface area contributed by atoms with Gasteiger partial charge in [0.05, 0.1) is 17.8 Å². The standard InChI is InChI=1S/C46H61N11O13S/c1-22-37(40(49)56-41(52-22)27-10-8-26(9-11-27)25-5-4-6-25)43(62)55-34(19-51-71(50,67)68)45(64)57(3)38-28-15-32(39(60)36(16-28)70-21-30(59)18-48)31-13-24(7-12-35(31)69-20-29(58)17-47)14-33(46(65)66)54-42(61)23(2)53-44(38)63/h7-13,15-16,23,25,29-30,33-34,38,44,51,53,58-60,63H,4-6,14,17-21,47-48H2,1-3H3,(H,54,61)(H,55,62)(H,65,66)(H2,49,52,56)(H2,50,67,68)/t23-,29+,30+,33-,34-,38-,44?/m0/s1. The maximum Gasteiger partial charge on any atom is 0.326 e. The van der Waals surface area contributed by atoms with E-state index in [0.717, 1.165) is 17.7 Å². The zero-order valence-corrected chi connectivity index (χ0v) is 40.1. The lowest BCUT2D eigenvalue weighted by Crippen LogP contribution is -2.58. The number of aliphatic carboxylic acids is 1. The number of nitrogens with zero attached hydrogens (tertiary/aromatic N) is 3. The van der Waals surface area contributed by atoms with Gasteiger partial charge in [-0.1, -0.05) is 36.8 Å². The van der Waals surface area contributed by atoms with E-state index in [9.17, 15) is 53.1 Å². The van der Waals surface area contributed by atoms with E-state index in [1.54, 1.807) is 0 Å². The summed E-state index contributed by atoms with van der Waals surface area (Å²) >= 11 is 0. The number of benzene rings is 3. The number of likely N-dealkylation sites (N-methyl/N-ethyl adjacent to an activating group) is 1.